The zero-order chi connectivity index (χ0) is 16.7. The van der Waals surface area contributed by atoms with Crippen molar-refractivity contribution in [3.05, 3.63) is 50.6 Å². The maximum Gasteiger partial charge on any atom is 0.311 e. The average molecular weight is 341 g/mol. The molecule has 3 aromatic rings. The van der Waals surface area contributed by atoms with Crippen molar-refractivity contribution in [2.75, 3.05) is 0 Å². The Morgan fingerprint density at radius 1 is 1.29 bits per heavy atom. The summed E-state index contributed by atoms with van der Waals surface area (Å²) in [4.78, 5) is 32.2. The van der Waals surface area contributed by atoms with Gasteiger partial charge in [-0.1, -0.05) is 0 Å². The van der Waals surface area contributed by atoms with Crippen molar-refractivity contribution in [3.8, 4) is 11.6 Å². The van der Waals surface area contributed by atoms with Gasteiger partial charge < -0.3 is 4.74 Å². The third-order valence-electron chi connectivity index (χ3n) is 3.99. The molecular weight excluding hydrogens is 330 g/mol. The van der Waals surface area contributed by atoms with Crippen molar-refractivity contribution in [3.63, 3.8) is 0 Å². The minimum absolute atomic E-state index is 0.00236. The number of nitro groups is 1. The first kappa shape index (κ1) is 14.7. The van der Waals surface area contributed by atoms with Crippen LogP contribution in [0.4, 0.5) is 5.69 Å². The molecule has 0 radical (unpaired) electrons. The van der Waals surface area contributed by atoms with Crippen LogP contribution in [0.25, 0.3) is 10.2 Å². The van der Waals surface area contributed by atoms with Gasteiger partial charge in [0.2, 0.25) is 11.6 Å². The van der Waals surface area contributed by atoms with E-state index in [2.05, 4.69) is 9.97 Å². The van der Waals surface area contributed by atoms with E-state index in [1.807, 2.05) is 0 Å². The molecule has 0 fully saturated rings. The van der Waals surface area contributed by atoms with Gasteiger partial charge in [-0.25, -0.2) is 9.97 Å². The summed E-state index contributed by atoms with van der Waals surface area (Å²) in [5.74, 6) is 0.299. The van der Waals surface area contributed by atoms with Gasteiger partial charge in [0, 0.05) is 16.5 Å². The number of aryl methyl sites for hydroxylation is 2. The highest BCUT2D eigenvalue weighted by Crippen LogP contribution is 2.42. The number of thiophene rings is 1. The number of rotatable bonds is 4. The van der Waals surface area contributed by atoms with E-state index in [1.165, 1.54) is 35.0 Å². The predicted octanol–water partition coefficient (Wildman–Crippen LogP) is 3.69. The Morgan fingerprint density at radius 3 is 2.96 bits per heavy atom. The largest absolute Gasteiger partial charge is 0.431 e. The van der Waals surface area contributed by atoms with E-state index in [1.54, 1.807) is 11.3 Å². The van der Waals surface area contributed by atoms with Gasteiger partial charge in [0.25, 0.3) is 0 Å². The van der Waals surface area contributed by atoms with Crippen LogP contribution in [0.2, 0.25) is 0 Å². The fourth-order valence-electron chi connectivity index (χ4n) is 2.92. The van der Waals surface area contributed by atoms with Crippen LogP contribution in [-0.4, -0.2) is 21.2 Å². The topological polar surface area (TPSA) is 95.2 Å². The van der Waals surface area contributed by atoms with E-state index in [9.17, 15) is 14.9 Å². The van der Waals surface area contributed by atoms with Crippen molar-refractivity contribution in [1.82, 2.24) is 9.97 Å². The smallest absolute Gasteiger partial charge is 0.311 e. The minimum atomic E-state index is -0.541. The number of aldehydes is 1. The molecule has 0 bridgehead atoms. The molecule has 0 spiro atoms. The molecule has 0 atom stereocenters. The molecule has 1 aromatic carbocycles. The van der Waals surface area contributed by atoms with Crippen molar-refractivity contribution >= 4 is 33.5 Å². The van der Waals surface area contributed by atoms with Crippen LogP contribution in [0.1, 0.15) is 27.2 Å². The standard InChI is InChI=1S/C16H11N3O4S/c20-7-9-4-5-11(19(21)22)12(6-9)23-15-14-10-2-1-3-13(10)24-16(14)18-8-17-15/h4-8H,1-3H2. The van der Waals surface area contributed by atoms with Crippen molar-refractivity contribution < 1.29 is 14.5 Å². The second-order valence-corrected chi connectivity index (χ2v) is 6.50. The highest BCUT2D eigenvalue weighted by atomic mass is 32.1. The maximum absolute atomic E-state index is 11.2. The predicted molar refractivity (Wildman–Crippen MR) is 88.0 cm³/mol. The number of hydrogen-bond acceptors (Lipinski definition) is 7. The van der Waals surface area contributed by atoms with Gasteiger partial charge in [-0.2, -0.15) is 0 Å². The van der Waals surface area contributed by atoms with Crippen LogP contribution >= 0.6 is 11.3 Å². The van der Waals surface area contributed by atoms with Crippen LogP contribution in [0.5, 0.6) is 11.6 Å². The Balaban J connectivity index is 1.86. The van der Waals surface area contributed by atoms with E-state index >= 15 is 0 Å². The molecule has 7 nitrogen and oxygen atoms in total. The summed E-state index contributed by atoms with van der Waals surface area (Å²) in [6.07, 6.45) is 5.02. The number of benzene rings is 1. The second-order valence-electron chi connectivity index (χ2n) is 5.42. The first-order chi connectivity index (χ1) is 11.7. The molecule has 0 saturated heterocycles. The van der Waals surface area contributed by atoms with Crippen LogP contribution in [0.3, 0.4) is 0 Å². The Bertz CT molecular complexity index is 983. The zero-order valence-corrected chi connectivity index (χ0v) is 13.2. The summed E-state index contributed by atoms with van der Waals surface area (Å²) in [5, 5.41) is 12.0. The lowest BCUT2D eigenvalue weighted by Gasteiger charge is -2.07. The average Bonchev–Trinajstić information content (AvgIpc) is 3.15. The number of hydrogen-bond donors (Lipinski definition) is 0. The molecule has 0 unspecified atom stereocenters. The maximum atomic E-state index is 11.2. The van der Waals surface area contributed by atoms with Gasteiger partial charge in [-0.05, 0) is 37.0 Å². The lowest BCUT2D eigenvalue weighted by Crippen LogP contribution is -1.97. The quantitative estimate of drug-likeness (QED) is 0.408. The van der Waals surface area contributed by atoms with Gasteiger partial charge in [0.1, 0.15) is 17.4 Å². The SMILES string of the molecule is O=Cc1ccc([N+](=O)[O-])c(Oc2ncnc3sc4c(c23)CCC4)c1. The zero-order valence-electron chi connectivity index (χ0n) is 12.4. The summed E-state index contributed by atoms with van der Waals surface area (Å²) in [6, 6.07) is 4.00. The second kappa shape index (κ2) is 5.64. The summed E-state index contributed by atoms with van der Waals surface area (Å²) in [7, 11) is 0. The molecule has 8 heteroatoms. The summed E-state index contributed by atoms with van der Waals surface area (Å²) >= 11 is 1.61. The highest BCUT2D eigenvalue weighted by Gasteiger charge is 2.24. The van der Waals surface area contributed by atoms with E-state index in [0.29, 0.717) is 17.7 Å². The molecule has 2 aromatic heterocycles. The monoisotopic (exact) mass is 341 g/mol. The molecule has 120 valence electrons. The van der Waals surface area contributed by atoms with Crippen LogP contribution in [0, 0.1) is 10.1 Å². The normalized spacial score (nSPS) is 13.0. The fraction of sp³-hybridized carbons (Fsp3) is 0.188. The molecule has 0 amide bonds. The number of aromatic nitrogens is 2. The summed E-state index contributed by atoms with van der Waals surface area (Å²) in [5.41, 5.74) is 1.26. The van der Waals surface area contributed by atoms with Gasteiger partial charge in [-0.15, -0.1) is 11.3 Å². The number of ether oxygens (including phenoxy) is 1. The number of nitro benzene ring substituents is 1. The van der Waals surface area contributed by atoms with E-state index < -0.39 is 4.92 Å². The number of carbonyl (C=O) groups is 1. The Labute approximate surface area is 140 Å². The van der Waals surface area contributed by atoms with Gasteiger partial charge in [0.15, 0.2) is 0 Å². The molecule has 1 aliphatic carbocycles. The van der Waals surface area contributed by atoms with Gasteiger partial charge in [0.05, 0.1) is 10.3 Å². The lowest BCUT2D eigenvalue weighted by atomic mass is 10.2. The Kier molecular flexibility index (Phi) is 3.46. The first-order valence-electron chi connectivity index (χ1n) is 7.34. The molecule has 24 heavy (non-hydrogen) atoms. The fourth-order valence-corrected chi connectivity index (χ4v) is 4.14. The molecular formula is C16H11N3O4S. The van der Waals surface area contributed by atoms with Crippen molar-refractivity contribution in [2.45, 2.75) is 19.3 Å². The number of carbonyl (C=O) groups excluding carboxylic acids is 1. The number of nitrogens with zero attached hydrogens (tertiary/aromatic N) is 3. The third-order valence-corrected chi connectivity index (χ3v) is 5.19. The Morgan fingerprint density at radius 2 is 2.17 bits per heavy atom. The molecule has 2 heterocycles. The van der Waals surface area contributed by atoms with E-state index in [0.717, 1.165) is 29.5 Å². The van der Waals surface area contributed by atoms with Crippen LogP contribution in [-0.2, 0) is 12.8 Å². The third kappa shape index (κ3) is 2.31. The summed E-state index contributed by atoms with van der Waals surface area (Å²) in [6.45, 7) is 0. The number of fused-ring (bicyclic) bond motifs is 3. The van der Waals surface area contributed by atoms with Gasteiger partial charge >= 0.3 is 5.69 Å². The first-order valence-corrected chi connectivity index (χ1v) is 8.15. The molecule has 1 aliphatic rings. The summed E-state index contributed by atoms with van der Waals surface area (Å²) < 4.78 is 5.77. The molecule has 0 saturated carbocycles. The lowest BCUT2D eigenvalue weighted by molar-refractivity contribution is -0.385. The van der Waals surface area contributed by atoms with Crippen LogP contribution < -0.4 is 4.74 Å². The van der Waals surface area contributed by atoms with Crippen molar-refractivity contribution in [2.24, 2.45) is 0 Å². The van der Waals surface area contributed by atoms with E-state index in [4.69, 9.17) is 4.74 Å². The highest BCUT2D eigenvalue weighted by molar-refractivity contribution is 7.18. The molecule has 4 rings (SSSR count). The minimum Gasteiger partial charge on any atom is -0.431 e. The van der Waals surface area contributed by atoms with Crippen LogP contribution in [0.15, 0.2) is 24.5 Å². The van der Waals surface area contributed by atoms with Crippen molar-refractivity contribution in [1.29, 1.82) is 0 Å². The Hall–Kier alpha value is -2.87. The molecule has 0 N–H and O–H groups in total. The van der Waals surface area contributed by atoms with E-state index in [-0.39, 0.29) is 11.4 Å². The van der Waals surface area contributed by atoms with Gasteiger partial charge in [-0.3, -0.25) is 14.9 Å². The molecule has 0 aliphatic heterocycles.